The van der Waals surface area contributed by atoms with Gasteiger partial charge in [0.1, 0.15) is 0 Å². The molecular formula is C12H16Br2N2O. The molecule has 0 radical (unpaired) electrons. The van der Waals surface area contributed by atoms with E-state index in [1.54, 1.807) is 0 Å². The van der Waals surface area contributed by atoms with Crippen LogP contribution in [0, 0.1) is 0 Å². The molecule has 0 spiro atoms. The molecule has 94 valence electrons. The maximum absolute atomic E-state index is 5.81. The van der Waals surface area contributed by atoms with Crippen LogP contribution in [0.5, 0.6) is 0 Å². The maximum Gasteiger partial charge on any atom is 0.0802 e. The SMILES string of the molecule is CC1CN(Cc2cncc(Br)c2)CC(CBr)O1. The minimum Gasteiger partial charge on any atom is -0.372 e. The minimum atomic E-state index is 0.291. The van der Waals surface area contributed by atoms with E-state index in [1.807, 2.05) is 12.4 Å². The van der Waals surface area contributed by atoms with Crippen molar-refractivity contribution >= 4 is 31.9 Å². The first-order chi connectivity index (χ1) is 8.17. The van der Waals surface area contributed by atoms with Gasteiger partial charge in [0.15, 0.2) is 0 Å². The third-order valence-corrected chi connectivity index (χ3v) is 3.90. The van der Waals surface area contributed by atoms with Gasteiger partial charge in [-0.25, -0.2) is 0 Å². The predicted molar refractivity (Wildman–Crippen MR) is 75.3 cm³/mol. The van der Waals surface area contributed by atoms with Crippen LogP contribution in [-0.4, -0.2) is 40.5 Å². The molecule has 1 aromatic heterocycles. The van der Waals surface area contributed by atoms with Gasteiger partial charge < -0.3 is 4.74 Å². The Bertz CT molecular complexity index is 375. The minimum absolute atomic E-state index is 0.291. The Hall–Kier alpha value is 0.0300. The van der Waals surface area contributed by atoms with Gasteiger partial charge in [0.05, 0.1) is 12.2 Å². The number of halogens is 2. The molecule has 2 rings (SSSR count). The van der Waals surface area contributed by atoms with Crippen LogP contribution in [0.25, 0.3) is 0 Å². The summed E-state index contributed by atoms with van der Waals surface area (Å²) in [6.45, 7) is 5.02. The summed E-state index contributed by atoms with van der Waals surface area (Å²) >= 11 is 6.94. The quantitative estimate of drug-likeness (QED) is 0.772. The Morgan fingerprint density at radius 2 is 2.29 bits per heavy atom. The highest BCUT2D eigenvalue weighted by Gasteiger charge is 2.24. The van der Waals surface area contributed by atoms with Crippen LogP contribution >= 0.6 is 31.9 Å². The van der Waals surface area contributed by atoms with E-state index in [0.717, 1.165) is 29.4 Å². The summed E-state index contributed by atoms with van der Waals surface area (Å²) in [6, 6.07) is 2.12. The van der Waals surface area contributed by atoms with E-state index in [2.05, 4.69) is 54.7 Å². The number of aromatic nitrogens is 1. The first kappa shape index (κ1) is 13.5. The lowest BCUT2D eigenvalue weighted by Crippen LogP contribution is -2.46. The van der Waals surface area contributed by atoms with Gasteiger partial charge >= 0.3 is 0 Å². The summed E-state index contributed by atoms with van der Waals surface area (Å²) in [5.74, 6) is 0. The second-order valence-corrected chi connectivity index (χ2v) is 5.99. The molecule has 0 saturated carbocycles. The fourth-order valence-electron chi connectivity index (χ4n) is 2.16. The van der Waals surface area contributed by atoms with Crippen molar-refractivity contribution in [3.63, 3.8) is 0 Å². The van der Waals surface area contributed by atoms with Crippen molar-refractivity contribution < 1.29 is 4.74 Å². The topological polar surface area (TPSA) is 25.4 Å². The zero-order chi connectivity index (χ0) is 12.3. The van der Waals surface area contributed by atoms with Crippen molar-refractivity contribution in [2.24, 2.45) is 0 Å². The van der Waals surface area contributed by atoms with Gasteiger partial charge in [0.25, 0.3) is 0 Å². The number of alkyl halides is 1. The molecule has 1 aliphatic heterocycles. The lowest BCUT2D eigenvalue weighted by molar-refractivity contribution is -0.0678. The number of morpholine rings is 1. The highest BCUT2D eigenvalue weighted by atomic mass is 79.9. The van der Waals surface area contributed by atoms with Crippen LogP contribution in [0.3, 0.4) is 0 Å². The van der Waals surface area contributed by atoms with E-state index < -0.39 is 0 Å². The molecule has 1 aliphatic rings. The van der Waals surface area contributed by atoms with Crippen LogP contribution in [0.4, 0.5) is 0 Å². The number of ether oxygens (including phenoxy) is 1. The van der Waals surface area contributed by atoms with Gasteiger partial charge in [-0.1, -0.05) is 15.9 Å². The molecule has 1 aromatic rings. The monoisotopic (exact) mass is 362 g/mol. The first-order valence-corrected chi connectivity index (χ1v) is 7.62. The summed E-state index contributed by atoms with van der Waals surface area (Å²) in [5.41, 5.74) is 1.24. The summed E-state index contributed by atoms with van der Waals surface area (Å²) in [6.07, 6.45) is 4.33. The lowest BCUT2D eigenvalue weighted by Gasteiger charge is -2.36. The van der Waals surface area contributed by atoms with Crippen molar-refractivity contribution in [2.45, 2.75) is 25.7 Å². The normalized spacial score (nSPS) is 26.1. The van der Waals surface area contributed by atoms with Crippen molar-refractivity contribution in [1.29, 1.82) is 0 Å². The van der Waals surface area contributed by atoms with Crippen LogP contribution in [-0.2, 0) is 11.3 Å². The van der Waals surface area contributed by atoms with E-state index in [1.165, 1.54) is 5.56 Å². The van der Waals surface area contributed by atoms with Gasteiger partial charge in [-0.05, 0) is 34.5 Å². The second-order valence-electron chi connectivity index (χ2n) is 4.43. The van der Waals surface area contributed by atoms with Gasteiger partial charge in [-0.2, -0.15) is 0 Å². The van der Waals surface area contributed by atoms with E-state index in [9.17, 15) is 0 Å². The van der Waals surface area contributed by atoms with Crippen LogP contribution in [0.15, 0.2) is 22.9 Å². The Kier molecular flexibility index (Phi) is 4.97. The van der Waals surface area contributed by atoms with Gasteiger partial charge in [-0.15, -0.1) is 0 Å². The Morgan fingerprint density at radius 3 is 3.00 bits per heavy atom. The molecule has 17 heavy (non-hydrogen) atoms. The van der Waals surface area contributed by atoms with Gasteiger partial charge in [-0.3, -0.25) is 9.88 Å². The highest BCUT2D eigenvalue weighted by Crippen LogP contribution is 2.17. The van der Waals surface area contributed by atoms with E-state index in [0.29, 0.717) is 12.2 Å². The fraction of sp³-hybridized carbons (Fsp3) is 0.583. The number of rotatable bonds is 3. The molecule has 0 amide bonds. The Balaban J connectivity index is 1.98. The molecule has 2 heterocycles. The van der Waals surface area contributed by atoms with Crippen molar-refractivity contribution in [1.82, 2.24) is 9.88 Å². The molecule has 5 heteroatoms. The number of pyridine rings is 1. The summed E-state index contributed by atoms with van der Waals surface area (Å²) in [7, 11) is 0. The summed E-state index contributed by atoms with van der Waals surface area (Å²) < 4.78 is 6.85. The van der Waals surface area contributed by atoms with E-state index in [-0.39, 0.29) is 0 Å². The van der Waals surface area contributed by atoms with Crippen molar-refractivity contribution in [3.8, 4) is 0 Å². The molecule has 0 aliphatic carbocycles. The highest BCUT2D eigenvalue weighted by molar-refractivity contribution is 9.10. The molecular weight excluding hydrogens is 348 g/mol. The molecule has 0 aromatic carbocycles. The lowest BCUT2D eigenvalue weighted by atomic mass is 10.2. The predicted octanol–water partition coefficient (Wildman–Crippen LogP) is 2.83. The number of nitrogens with zero attached hydrogens (tertiary/aromatic N) is 2. The Labute approximate surface area is 119 Å². The molecule has 3 nitrogen and oxygen atoms in total. The number of hydrogen-bond acceptors (Lipinski definition) is 3. The molecule has 0 bridgehead atoms. The number of hydrogen-bond donors (Lipinski definition) is 0. The van der Waals surface area contributed by atoms with E-state index in [4.69, 9.17) is 4.74 Å². The van der Waals surface area contributed by atoms with Crippen LogP contribution < -0.4 is 0 Å². The Morgan fingerprint density at radius 1 is 1.47 bits per heavy atom. The summed E-state index contributed by atoms with van der Waals surface area (Å²) in [5, 5.41) is 0.893. The molecule has 2 atom stereocenters. The second kappa shape index (κ2) is 6.27. The maximum atomic E-state index is 5.81. The van der Waals surface area contributed by atoms with Gasteiger partial charge in [0.2, 0.25) is 0 Å². The standard InChI is InChI=1S/C12H16Br2N2O/c1-9-6-16(8-12(3-13)17-9)7-10-2-11(14)5-15-4-10/h2,4-5,9,12H,3,6-8H2,1H3. The molecule has 2 unspecified atom stereocenters. The fourth-order valence-corrected chi connectivity index (χ4v) is 2.93. The van der Waals surface area contributed by atoms with Gasteiger partial charge in [0, 0.05) is 41.8 Å². The molecule has 1 fully saturated rings. The molecule has 1 saturated heterocycles. The summed E-state index contributed by atoms with van der Waals surface area (Å²) in [4.78, 5) is 6.61. The van der Waals surface area contributed by atoms with Crippen molar-refractivity contribution in [2.75, 3.05) is 18.4 Å². The zero-order valence-electron chi connectivity index (χ0n) is 9.77. The van der Waals surface area contributed by atoms with Crippen LogP contribution in [0.2, 0.25) is 0 Å². The average molecular weight is 364 g/mol. The average Bonchev–Trinajstić information content (AvgIpc) is 2.28. The van der Waals surface area contributed by atoms with E-state index >= 15 is 0 Å². The molecule has 0 N–H and O–H groups in total. The largest absolute Gasteiger partial charge is 0.372 e. The zero-order valence-corrected chi connectivity index (χ0v) is 12.9. The third-order valence-electron chi connectivity index (χ3n) is 2.74. The smallest absolute Gasteiger partial charge is 0.0802 e. The van der Waals surface area contributed by atoms with Crippen LogP contribution in [0.1, 0.15) is 12.5 Å². The van der Waals surface area contributed by atoms with Crippen molar-refractivity contribution in [3.05, 3.63) is 28.5 Å². The first-order valence-electron chi connectivity index (χ1n) is 5.70. The third kappa shape index (κ3) is 4.02.